The molecule has 27 heavy (non-hydrogen) atoms. The zero-order chi connectivity index (χ0) is 18.8. The van der Waals surface area contributed by atoms with Crippen molar-refractivity contribution in [1.82, 2.24) is 20.0 Å². The minimum atomic E-state index is -0.602. The standard InChI is InChI=1S/C20H26N4O3/c1-12(2)4-7-24-11-20-6-3-15(27-20)16(17(20)19(24)26)18(25)23-8-5-14-13(10-23)9-21-22-14/h3,6,9,12,15-17H,4-5,7-8,10-11H2,1-2H3,(H,21,22)/t15-,16?,17?,20-/m0/s1. The van der Waals surface area contributed by atoms with Gasteiger partial charge in [-0.15, -0.1) is 0 Å². The van der Waals surface area contributed by atoms with Crippen LogP contribution in [0.2, 0.25) is 0 Å². The molecule has 2 saturated heterocycles. The summed E-state index contributed by atoms with van der Waals surface area (Å²) in [6.07, 6.45) is 7.29. The Kier molecular flexibility index (Phi) is 3.73. The third-order valence-electron chi connectivity index (χ3n) is 6.55. The molecule has 0 saturated carbocycles. The Morgan fingerprint density at radius 1 is 1.48 bits per heavy atom. The number of fused-ring (bicyclic) bond motifs is 2. The number of carbonyl (C=O) groups excluding carboxylic acids is 2. The fraction of sp³-hybridized carbons (Fsp3) is 0.650. The van der Waals surface area contributed by atoms with Gasteiger partial charge in [0.05, 0.1) is 30.7 Å². The molecule has 2 amide bonds. The van der Waals surface area contributed by atoms with E-state index in [9.17, 15) is 9.59 Å². The predicted octanol–water partition coefficient (Wildman–Crippen LogP) is 1.12. The molecule has 144 valence electrons. The molecule has 1 N–H and O–H groups in total. The van der Waals surface area contributed by atoms with Crippen molar-refractivity contribution in [2.45, 2.75) is 44.9 Å². The molecular formula is C20H26N4O3. The Morgan fingerprint density at radius 3 is 3.15 bits per heavy atom. The Morgan fingerprint density at radius 2 is 2.33 bits per heavy atom. The van der Waals surface area contributed by atoms with Crippen LogP contribution in [0.15, 0.2) is 18.3 Å². The van der Waals surface area contributed by atoms with Gasteiger partial charge < -0.3 is 14.5 Å². The number of ether oxygens (including phenoxy) is 1. The summed E-state index contributed by atoms with van der Waals surface area (Å²) >= 11 is 0. The largest absolute Gasteiger partial charge is 0.360 e. The smallest absolute Gasteiger partial charge is 0.230 e. The molecule has 1 aromatic rings. The van der Waals surface area contributed by atoms with Crippen LogP contribution in [0.5, 0.6) is 0 Å². The molecule has 0 aliphatic carbocycles. The normalized spacial score (nSPS) is 33.9. The first kappa shape index (κ1) is 17.0. The van der Waals surface area contributed by atoms with Crippen molar-refractivity contribution < 1.29 is 14.3 Å². The molecule has 7 nitrogen and oxygen atoms in total. The summed E-state index contributed by atoms with van der Waals surface area (Å²) in [5.74, 6) is -0.111. The average molecular weight is 370 g/mol. The van der Waals surface area contributed by atoms with Crippen molar-refractivity contribution in [3.05, 3.63) is 29.6 Å². The Balaban J connectivity index is 1.37. The highest BCUT2D eigenvalue weighted by atomic mass is 16.5. The number of H-pyrrole nitrogens is 1. The molecule has 2 bridgehead atoms. The second-order valence-corrected chi connectivity index (χ2v) is 8.73. The lowest BCUT2D eigenvalue weighted by atomic mass is 9.76. The monoisotopic (exact) mass is 370 g/mol. The van der Waals surface area contributed by atoms with E-state index in [0.717, 1.165) is 30.6 Å². The lowest BCUT2D eigenvalue weighted by molar-refractivity contribution is -0.144. The number of aromatic amines is 1. The van der Waals surface area contributed by atoms with Crippen molar-refractivity contribution in [2.75, 3.05) is 19.6 Å². The van der Waals surface area contributed by atoms with Crippen LogP contribution in [0.25, 0.3) is 0 Å². The maximum atomic E-state index is 13.4. The molecule has 5 heterocycles. The number of carbonyl (C=O) groups is 2. The van der Waals surface area contributed by atoms with E-state index < -0.39 is 11.5 Å². The molecule has 2 fully saturated rings. The minimum Gasteiger partial charge on any atom is -0.360 e. The van der Waals surface area contributed by atoms with E-state index in [1.807, 2.05) is 22.0 Å². The van der Waals surface area contributed by atoms with Crippen molar-refractivity contribution in [3.8, 4) is 0 Å². The van der Waals surface area contributed by atoms with Gasteiger partial charge in [-0.05, 0) is 12.3 Å². The Bertz CT molecular complexity index is 816. The van der Waals surface area contributed by atoms with Gasteiger partial charge in [-0.2, -0.15) is 5.10 Å². The van der Waals surface area contributed by atoms with Gasteiger partial charge in [-0.3, -0.25) is 14.7 Å². The molecule has 0 radical (unpaired) electrons. The second-order valence-electron chi connectivity index (χ2n) is 8.73. The summed E-state index contributed by atoms with van der Waals surface area (Å²) in [7, 11) is 0. The van der Waals surface area contributed by atoms with E-state index in [-0.39, 0.29) is 23.8 Å². The lowest BCUT2D eigenvalue weighted by Gasteiger charge is -2.32. The molecule has 4 aliphatic heterocycles. The van der Waals surface area contributed by atoms with Gasteiger partial charge in [-0.25, -0.2) is 0 Å². The number of aromatic nitrogens is 2. The molecule has 0 aromatic carbocycles. The highest BCUT2D eigenvalue weighted by Crippen LogP contribution is 2.52. The van der Waals surface area contributed by atoms with Crippen LogP contribution in [0.1, 0.15) is 31.5 Å². The van der Waals surface area contributed by atoms with Crippen LogP contribution in [0.4, 0.5) is 0 Å². The van der Waals surface area contributed by atoms with Gasteiger partial charge >= 0.3 is 0 Å². The quantitative estimate of drug-likeness (QED) is 0.806. The summed E-state index contributed by atoms with van der Waals surface area (Å²) in [5, 5.41) is 7.08. The lowest BCUT2D eigenvalue weighted by Crippen LogP contribution is -2.47. The number of rotatable bonds is 4. The number of hydrogen-bond donors (Lipinski definition) is 1. The van der Waals surface area contributed by atoms with Crippen LogP contribution < -0.4 is 0 Å². The van der Waals surface area contributed by atoms with Gasteiger partial charge in [0.25, 0.3) is 0 Å². The summed E-state index contributed by atoms with van der Waals surface area (Å²) in [4.78, 5) is 30.3. The zero-order valence-electron chi connectivity index (χ0n) is 15.9. The molecule has 2 unspecified atom stereocenters. The number of nitrogens with one attached hydrogen (secondary N) is 1. The van der Waals surface area contributed by atoms with Crippen LogP contribution >= 0.6 is 0 Å². The predicted molar refractivity (Wildman–Crippen MR) is 97.5 cm³/mol. The molecule has 1 aromatic heterocycles. The zero-order valence-corrected chi connectivity index (χ0v) is 15.9. The highest BCUT2D eigenvalue weighted by Gasteiger charge is 2.67. The van der Waals surface area contributed by atoms with E-state index in [1.165, 1.54) is 0 Å². The summed E-state index contributed by atoms with van der Waals surface area (Å²) in [5.41, 5.74) is 1.58. The second kappa shape index (κ2) is 5.92. The summed E-state index contributed by atoms with van der Waals surface area (Å²) in [6, 6.07) is 0. The number of amides is 2. The van der Waals surface area contributed by atoms with E-state index in [0.29, 0.717) is 25.6 Å². The van der Waals surface area contributed by atoms with E-state index in [1.54, 1.807) is 6.20 Å². The summed E-state index contributed by atoms with van der Waals surface area (Å²) in [6.45, 7) is 6.85. The number of nitrogens with zero attached hydrogens (tertiary/aromatic N) is 3. The van der Waals surface area contributed by atoms with Gasteiger partial charge in [0.1, 0.15) is 5.60 Å². The average Bonchev–Trinajstić information content (AvgIpc) is 3.39. The number of likely N-dealkylation sites (tertiary alicyclic amines) is 1. The van der Waals surface area contributed by atoms with Crippen LogP contribution in [-0.2, 0) is 27.3 Å². The molecule has 7 heteroatoms. The summed E-state index contributed by atoms with van der Waals surface area (Å²) < 4.78 is 6.23. The SMILES string of the molecule is CC(C)CCN1C[C@]23C=C[C@H](O2)C(C(=O)N2CCc4[nH]ncc4C2)C3C1=O. The molecular weight excluding hydrogens is 344 g/mol. The highest BCUT2D eigenvalue weighted by molar-refractivity contribution is 5.93. The van der Waals surface area contributed by atoms with E-state index >= 15 is 0 Å². The van der Waals surface area contributed by atoms with Crippen molar-refractivity contribution in [1.29, 1.82) is 0 Å². The van der Waals surface area contributed by atoms with Crippen LogP contribution in [-0.4, -0.2) is 63.2 Å². The topological polar surface area (TPSA) is 78.5 Å². The van der Waals surface area contributed by atoms with E-state index in [4.69, 9.17) is 4.74 Å². The van der Waals surface area contributed by atoms with Crippen molar-refractivity contribution in [3.63, 3.8) is 0 Å². The van der Waals surface area contributed by atoms with Crippen LogP contribution in [0.3, 0.4) is 0 Å². The maximum Gasteiger partial charge on any atom is 0.230 e. The molecule has 1 spiro atoms. The van der Waals surface area contributed by atoms with Gasteiger partial charge in [0.15, 0.2) is 0 Å². The fourth-order valence-electron chi connectivity index (χ4n) is 5.08. The Hall–Kier alpha value is -2.15. The van der Waals surface area contributed by atoms with Gasteiger partial charge in [0.2, 0.25) is 11.8 Å². The third kappa shape index (κ3) is 2.47. The maximum absolute atomic E-state index is 13.4. The minimum absolute atomic E-state index is 0.0436. The molecule has 5 rings (SSSR count). The van der Waals surface area contributed by atoms with Gasteiger partial charge in [-0.1, -0.05) is 26.0 Å². The van der Waals surface area contributed by atoms with E-state index in [2.05, 4.69) is 24.0 Å². The Labute approximate surface area is 158 Å². The molecule has 4 atom stereocenters. The fourth-order valence-corrected chi connectivity index (χ4v) is 5.08. The molecule has 4 aliphatic rings. The van der Waals surface area contributed by atoms with Gasteiger partial charge in [0, 0.05) is 37.3 Å². The first-order valence-electron chi connectivity index (χ1n) is 9.94. The number of hydrogen-bond acceptors (Lipinski definition) is 4. The third-order valence-corrected chi connectivity index (χ3v) is 6.55. The van der Waals surface area contributed by atoms with Crippen LogP contribution in [0, 0.1) is 17.8 Å². The first-order valence-corrected chi connectivity index (χ1v) is 9.94. The van der Waals surface area contributed by atoms with Crippen molar-refractivity contribution in [2.24, 2.45) is 17.8 Å². The first-order chi connectivity index (χ1) is 13.0. The van der Waals surface area contributed by atoms with Crippen molar-refractivity contribution >= 4 is 11.8 Å².